The normalized spacial score (nSPS) is 11.9. The van der Waals surface area contributed by atoms with Gasteiger partial charge in [0, 0.05) is 13.1 Å². The third-order valence-electron chi connectivity index (χ3n) is 3.93. The van der Waals surface area contributed by atoms with Gasteiger partial charge in [-0.15, -0.1) is 10.2 Å². The molecule has 0 aliphatic heterocycles. The Bertz CT molecular complexity index is 814. The molecule has 0 saturated heterocycles. The number of hydrogen-bond donors (Lipinski definition) is 0. The summed E-state index contributed by atoms with van der Waals surface area (Å²) in [6.45, 7) is 3.12. The Balaban J connectivity index is 1.74. The number of carbonyl (C=O) groups is 1. The van der Waals surface area contributed by atoms with Gasteiger partial charge in [-0.05, 0) is 24.3 Å². The van der Waals surface area contributed by atoms with Crippen LogP contribution in [0.15, 0.2) is 69.3 Å². The molecule has 3 rings (SSSR count). The molecular weight excluding hydrogens is 394 g/mol. The molecule has 0 spiro atoms. The van der Waals surface area contributed by atoms with Crippen molar-refractivity contribution < 1.29 is 4.79 Å². The third kappa shape index (κ3) is 5.82. The molecule has 0 radical (unpaired) electrons. The Hall–Kier alpha value is -1.83. The Morgan fingerprint density at radius 1 is 0.963 bits per heavy atom. The molecule has 0 bridgehead atoms. The van der Waals surface area contributed by atoms with E-state index in [9.17, 15) is 4.79 Å². The van der Waals surface area contributed by atoms with E-state index in [2.05, 4.69) is 34.5 Å². The number of amides is 1. The molecule has 1 amide bonds. The molecule has 1 unspecified atom stereocenters. The fourth-order valence-electron chi connectivity index (χ4n) is 2.61. The van der Waals surface area contributed by atoms with Crippen LogP contribution in [0, 0.1) is 0 Å². The first-order valence-electron chi connectivity index (χ1n) is 8.56. The molecule has 0 aliphatic rings. The highest BCUT2D eigenvalue weighted by Crippen LogP contribution is 2.31. The molecule has 1 atom stereocenters. The maximum atomic E-state index is 13.2. The van der Waals surface area contributed by atoms with Gasteiger partial charge in [0.15, 0.2) is 8.68 Å². The highest BCUT2D eigenvalue weighted by Gasteiger charge is 2.23. The minimum atomic E-state index is -0.222. The van der Waals surface area contributed by atoms with Gasteiger partial charge < -0.3 is 4.90 Å². The number of thioether (sulfide) groups is 2. The van der Waals surface area contributed by atoms with Crippen LogP contribution in [0.2, 0.25) is 0 Å². The van der Waals surface area contributed by atoms with E-state index in [4.69, 9.17) is 0 Å². The lowest BCUT2D eigenvalue weighted by Crippen LogP contribution is -2.35. The lowest BCUT2D eigenvalue weighted by Gasteiger charge is -2.25. The first kappa shape index (κ1) is 19.9. The first-order chi connectivity index (χ1) is 13.2. The minimum absolute atomic E-state index is 0.105. The molecule has 2 aromatic carbocycles. The molecule has 0 saturated carbocycles. The Labute approximate surface area is 172 Å². The second-order valence-electron chi connectivity index (χ2n) is 5.96. The van der Waals surface area contributed by atoms with Crippen LogP contribution < -0.4 is 0 Å². The van der Waals surface area contributed by atoms with Crippen LogP contribution in [-0.2, 0) is 17.9 Å². The van der Waals surface area contributed by atoms with Crippen LogP contribution in [0.5, 0.6) is 0 Å². The minimum Gasteiger partial charge on any atom is -0.333 e. The fourth-order valence-corrected chi connectivity index (χ4v) is 5.27. The zero-order valence-corrected chi connectivity index (χ0v) is 17.7. The molecule has 0 aliphatic carbocycles. The van der Waals surface area contributed by atoms with Crippen LogP contribution in [0.25, 0.3) is 0 Å². The van der Waals surface area contributed by atoms with Crippen molar-refractivity contribution in [1.82, 2.24) is 15.1 Å². The van der Waals surface area contributed by atoms with Gasteiger partial charge in [-0.1, -0.05) is 95.5 Å². The maximum Gasteiger partial charge on any atom is 0.236 e. The summed E-state index contributed by atoms with van der Waals surface area (Å²) >= 11 is 4.58. The summed E-state index contributed by atoms with van der Waals surface area (Å²) < 4.78 is 1.75. The van der Waals surface area contributed by atoms with Crippen molar-refractivity contribution in [2.75, 3.05) is 6.26 Å². The smallest absolute Gasteiger partial charge is 0.236 e. The van der Waals surface area contributed by atoms with Crippen molar-refractivity contribution >= 4 is 40.8 Å². The monoisotopic (exact) mass is 415 g/mol. The highest BCUT2D eigenvalue weighted by atomic mass is 32.2. The van der Waals surface area contributed by atoms with E-state index in [-0.39, 0.29) is 11.2 Å². The van der Waals surface area contributed by atoms with Crippen LogP contribution >= 0.6 is 34.9 Å². The predicted molar refractivity (Wildman–Crippen MR) is 114 cm³/mol. The van der Waals surface area contributed by atoms with Gasteiger partial charge in [0.1, 0.15) is 0 Å². The van der Waals surface area contributed by atoms with E-state index in [0.29, 0.717) is 13.1 Å². The predicted octanol–water partition coefficient (Wildman–Crippen LogP) is 4.97. The van der Waals surface area contributed by atoms with Gasteiger partial charge in [-0.3, -0.25) is 4.79 Å². The quantitative estimate of drug-likeness (QED) is 0.486. The average Bonchev–Trinajstić information content (AvgIpc) is 3.16. The summed E-state index contributed by atoms with van der Waals surface area (Å²) in [5.41, 5.74) is 2.25. The summed E-state index contributed by atoms with van der Waals surface area (Å²) in [5.74, 6) is 0.105. The molecule has 3 aromatic rings. The zero-order valence-electron chi connectivity index (χ0n) is 15.2. The van der Waals surface area contributed by atoms with Crippen molar-refractivity contribution in [3.05, 3.63) is 71.8 Å². The molecule has 4 nitrogen and oxygen atoms in total. The van der Waals surface area contributed by atoms with Gasteiger partial charge in [-0.25, -0.2) is 0 Å². The first-order valence-corrected chi connectivity index (χ1v) is 11.5. The number of carbonyl (C=O) groups excluding carboxylic acids is 1. The van der Waals surface area contributed by atoms with E-state index in [0.717, 1.165) is 19.8 Å². The largest absolute Gasteiger partial charge is 0.333 e. The standard InChI is InChI=1S/C20H21N3OS3/c1-15(26-20-22-21-19(25-2)27-20)18(24)23(13-16-9-5-3-6-10-16)14-17-11-7-4-8-12-17/h3-12,15H,13-14H2,1-2H3. The number of rotatable bonds is 8. The Kier molecular flexibility index (Phi) is 7.32. The van der Waals surface area contributed by atoms with Crippen molar-refractivity contribution in [2.24, 2.45) is 0 Å². The second kappa shape index (κ2) is 9.92. The fraction of sp³-hybridized carbons (Fsp3) is 0.250. The number of nitrogens with zero attached hydrogens (tertiary/aromatic N) is 3. The summed E-state index contributed by atoms with van der Waals surface area (Å²) in [4.78, 5) is 15.1. The van der Waals surface area contributed by atoms with Crippen LogP contribution in [-0.4, -0.2) is 32.5 Å². The SMILES string of the molecule is CSc1nnc(SC(C)C(=O)N(Cc2ccccc2)Cc2ccccc2)s1. The van der Waals surface area contributed by atoms with Crippen LogP contribution in [0.1, 0.15) is 18.1 Å². The van der Waals surface area contributed by atoms with Crippen molar-refractivity contribution in [3.63, 3.8) is 0 Å². The summed E-state index contributed by atoms with van der Waals surface area (Å²) in [6.07, 6.45) is 1.98. The molecule has 0 N–H and O–H groups in total. The summed E-state index contributed by atoms with van der Waals surface area (Å²) in [5, 5.41) is 8.07. The molecule has 140 valence electrons. The van der Waals surface area contributed by atoms with E-state index >= 15 is 0 Å². The van der Waals surface area contributed by atoms with Crippen LogP contribution in [0.4, 0.5) is 0 Å². The maximum absolute atomic E-state index is 13.2. The van der Waals surface area contributed by atoms with Gasteiger partial charge in [0.05, 0.1) is 5.25 Å². The molecule has 1 heterocycles. The van der Waals surface area contributed by atoms with Crippen molar-refractivity contribution in [1.29, 1.82) is 0 Å². The van der Waals surface area contributed by atoms with Crippen LogP contribution in [0.3, 0.4) is 0 Å². The Morgan fingerprint density at radius 2 is 1.48 bits per heavy atom. The van der Waals surface area contributed by atoms with Gasteiger partial charge in [0.25, 0.3) is 0 Å². The van der Waals surface area contributed by atoms with E-state index in [1.54, 1.807) is 11.8 Å². The van der Waals surface area contributed by atoms with E-state index in [1.165, 1.54) is 23.1 Å². The zero-order chi connectivity index (χ0) is 19.1. The van der Waals surface area contributed by atoms with E-state index < -0.39 is 0 Å². The summed E-state index contributed by atoms with van der Waals surface area (Å²) in [7, 11) is 0. The third-order valence-corrected chi connectivity index (χ3v) is 7.00. The highest BCUT2D eigenvalue weighted by molar-refractivity contribution is 8.03. The van der Waals surface area contributed by atoms with Crippen molar-refractivity contribution in [2.45, 2.75) is 33.9 Å². The van der Waals surface area contributed by atoms with Gasteiger partial charge >= 0.3 is 0 Å². The Morgan fingerprint density at radius 3 is 1.96 bits per heavy atom. The molecule has 7 heteroatoms. The lowest BCUT2D eigenvalue weighted by atomic mass is 10.1. The molecule has 1 aromatic heterocycles. The second-order valence-corrected chi connectivity index (χ2v) is 9.58. The number of hydrogen-bond acceptors (Lipinski definition) is 6. The van der Waals surface area contributed by atoms with Gasteiger partial charge in [-0.2, -0.15) is 0 Å². The van der Waals surface area contributed by atoms with E-state index in [1.807, 2.05) is 54.5 Å². The summed E-state index contributed by atoms with van der Waals surface area (Å²) in [6, 6.07) is 20.2. The molecule has 0 fully saturated rings. The van der Waals surface area contributed by atoms with Gasteiger partial charge in [0.2, 0.25) is 5.91 Å². The average molecular weight is 416 g/mol. The molecular formula is C20H21N3OS3. The number of aromatic nitrogens is 2. The molecule has 27 heavy (non-hydrogen) atoms. The lowest BCUT2D eigenvalue weighted by molar-refractivity contribution is -0.131. The topological polar surface area (TPSA) is 46.1 Å². The number of benzene rings is 2. The van der Waals surface area contributed by atoms with Crippen molar-refractivity contribution in [3.8, 4) is 0 Å².